The molecule has 2 N–H and O–H groups in total. The summed E-state index contributed by atoms with van der Waals surface area (Å²) in [5.74, 6) is 0.991. The molecule has 1 amide bonds. The van der Waals surface area contributed by atoms with Crippen LogP contribution in [0.2, 0.25) is 0 Å². The number of rotatable bonds is 4. The van der Waals surface area contributed by atoms with Gasteiger partial charge in [0.2, 0.25) is 0 Å². The van der Waals surface area contributed by atoms with Crippen LogP contribution in [0.1, 0.15) is 43.5 Å². The lowest BCUT2D eigenvalue weighted by Crippen LogP contribution is -2.30. The molecule has 128 valence electrons. The zero-order chi connectivity index (χ0) is 17.1. The van der Waals surface area contributed by atoms with Crippen molar-refractivity contribution in [3.63, 3.8) is 0 Å². The first kappa shape index (κ1) is 16.4. The fraction of sp³-hybridized carbons (Fsp3) is 0.444. The molecule has 2 aromatic rings. The lowest BCUT2D eigenvalue weighted by atomic mass is 10.1. The van der Waals surface area contributed by atoms with Crippen molar-refractivity contribution in [1.29, 1.82) is 0 Å². The molecule has 0 bridgehead atoms. The van der Waals surface area contributed by atoms with Crippen LogP contribution in [0.15, 0.2) is 36.4 Å². The SMILES string of the molecule is CC(C)c1cc(N)n(C2CCN(C(=O)OCc3ccccc3)C2)n1. The third-order valence-corrected chi connectivity index (χ3v) is 4.35. The van der Waals surface area contributed by atoms with E-state index in [1.165, 1.54) is 0 Å². The number of carbonyl (C=O) groups is 1. The van der Waals surface area contributed by atoms with Crippen LogP contribution in [0.3, 0.4) is 0 Å². The average Bonchev–Trinajstić information content (AvgIpc) is 3.20. The van der Waals surface area contributed by atoms with E-state index in [0.717, 1.165) is 17.7 Å². The van der Waals surface area contributed by atoms with Crippen molar-refractivity contribution in [1.82, 2.24) is 14.7 Å². The molecule has 0 aliphatic carbocycles. The molecule has 3 rings (SSSR count). The quantitative estimate of drug-likeness (QED) is 0.935. The zero-order valence-corrected chi connectivity index (χ0v) is 14.2. The molecule has 0 spiro atoms. The van der Waals surface area contributed by atoms with Gasteiger partial charge in [-0.2, -0.15) is 5.10 Å². The summed E-state index contributed by atoms with van der Waals surface area (Å²) >= 11 is 0. The molecule has 1 fully saturated rings. The van der Waals surface area contributed by atoms with E-state index < -0.39 is 0 Å². The Morgan fingerprint density at radius 1 is 1.38 bits per heavy atom. The number of carbonyl (C=O) groups excluding carboxylic acids is 1. The molecule has 1 saturated heterocycles. The standard InChI is InChI=1S/C18H24N4O2/c1-13(2)16-10-17(19)22(20-16)15-8-9-21(11-15)18(23)24-12-14-6-4-3-5-7-14/h3-7,10,13,15H,8-9,11-12,19H2,1-2H3. The number of ether oxygens (including phenoxy) is 1. The molecule has 1 aromatic heterocycles. The highest BCUT2D eigenvalue weighted by Crippen LogP contribution is 2.26. The van der Waals surface area contributed by atoms with E-state index in [9.17, 15) is 4.79 Å². The van der Waals surface area contributed by atoms with Crippen molar-refractivity contribution in [2.24, 2.45) is 0 Å². The molecule has 24 heavy (non-hydrogen) atoms. The van der Waals surface area contributed by atoms with Gasteiger partial charge in [0.25, 0.3) is 0 Å². The van der Waals surface area contributed by atoms with E-state index in [1.807, 2.05) is 41.1 Å². The third-order valence-electron chi connectivity index (χ3n) is 4.35. The molecule has 1 aliphatic heterocycles. The van der Waals surface area contributed by atoms with E-state index in [4.69, 9.17) is 10.5 Å². The normalized spacial score (nSPS) is 17.5. The van der Waals surface area contributed by atoms with Crippen LogP contribution in [0.25, 0.3) is 0 Å². The highest BCUT2D eigenvalue weighted by atomic mass is 16.6. The minimum atomic E-state index is -0.281. The average molecular weight is 328 g/mol. The number of likely N-dealkylation sites (tertiary alicyclic amines) is 1. The maximum Gasteiger partial charge on any atom is 0.410 e. The van der Waals surface area contributed by atoms with Crippen molar-refractivity contribution < 1.29 is 9.53 Å². The number of benzene rings is 1. The van der Waals surface area contributed by atoms with Gasteiger partial charge in [-0.1, -0.05) is 44.2 Å². The third kappa shape index (κ3) is 3.53. The fourth-order valence-corrected chi connectivity index (χ4v) is 2.92. The predicted octanol–water partition coefficient (Wildman–Crippen LogP) is 3.17. The molecule has 0 radical (unpaired) electrons. The Labute approximate surface area is 142 Å². The molecule has 1 aliphatic rings. The van der Waals surface area contributed by atoms with Crippen LogP contribution in [0, 0.1) is 0 Å². The zero-order valence-electron chi connectivity index (χ0n) is 14.2. The summed E-state index contributed by atoms with van der Waals surface area (Å²) in [7, 11) is 0. The molecular formula is C18H24N4O2. The Morgan fingerprint density at radius 2 is 2.12 bits per heavy atom. The number of anilines is 1. The molecule has 6 heteroatoms. The van der Waals surface area contributed by atoms with E-state index in [0.29, 0.717) is 31.4 Å². The Bertz CT molecular complexity index is 696. The molecule has 1 unspecified atom stereocenters. The number of hydrogen-bond acceptors (Lipinski definition) is 4. The van der Waals surface area contributed by atoms with Crippen molar-refractivity contribution in [2.75, 3.05) is 18.8 Å². The van der Waals surface area contributed by atoms with E-state index in [1.54, 1.807) is 4.90 Å². The number of nitrogens with two attached hydrogens (primary N) is 1. The fourth-order valence-electron chi connectivity index (χ4n) is 2.92. The number of hydrogen-bond donors (Lipinski definition) is 1. The molecule has 6 nitrogen and oxygen atoms in total. The van der Waals surface area contributed by atoms with Crippen LogP contribution >= 0.6 is 0 Å². The van der Waals surface area contributed by atoms with Gasteiger partial charge >= 0.3 is 6.09 Å². The van der Waals surface area contributed by atoms with Gasteiger partial charge in [0.15, 0.2) is 0 Å². The van der Waals surface area contributed by atoms with Crippen LogP contribution in [0.5, 0.6) is 0 Å². The maximum atomic E-state index is 12.2. The number of nitrogens with zero attached hydrogens (tertiary/aromatic N) is 3. The van der Waals surface area contributed by atoms with Crippen LogP contribution < -0.4 is 5.73 Å². The van der Waals surface area contributed by atoms with Gasteiger partial charge in [0.05, 0.1) is 11.7 Å². The van der Waals surface area contributed by atoms with Crippen LogP contribution in [-0.2, 0) is 11.3 Å². The molecular weight excluding hydrogens is 304 g/mol. The van der Waals surface area contributed by atoms with E-state index >= 15 is 0 Å². The molecule has 1 atom stereocenters. The first-order valence-corrected chi connectivity index (χ1v) is 8.35. The van der Waals surface area contributed by atoms with Gasteiger partial charge in [-0.05, 0) is 17.9 Å². The van der Waals surface area contributed by atoms with E-state index in [-0.39, 0.29) is 12.1 Å². The monoisotopic (exact) mass is 328 g/mol. The molecule has 2 heterocycles. The molecule has 0 saturated carbocycles. The number of nitrogen functional groups attached to an aromatic ring is 1. The summed E-state index contributed by atoms with van der Waals surface area (Å²) in [6.45, 7) is 5.72. The summed E-state index contributed by atoms with van der Waals surface area (Å²) in [5.41, 5.74) is 8.05. The summed E-state index contributed by atoms with van der Waals surface area (Å²) in [6, 6.07) is 11.7. The first-order chi connectivity index (χ1) is 11.5. The summed E-state index contributed by atoms with van der Waals surface area (Å²) in [6.07, 6.45) is 0.556. The lowest BCUT2D eigenvalue weighted by molar-refractivity contribution is 0.103. The minimum absolute atomic E-state index is 0.113. The maximum absolute atomic E-state index is 12.2. The van der Waals surface area contributed by atoms with Gasteiger partial charge in [0, 0.05) is 19.2 Å². The second-order valence-electron chi connectivity index (χ2n) is 6.52. The van der Waals surface area contributed by atoms with Crippen molar-refractivity contribution >= 4 is 11.9 Å². The Hall–Kier alpha value is -2.50. The van der Waals surface area contributed by atoms with Crippen molar-refractivity contribution in [3.05, 3.63) is 47.7 Å². The highest BCUT2D eigenvalue weighted by Gasteiger charge is 2.30. The summed E-state index contributed by atoms with van der Waals surface area (Å²) < 4.78 is 7.24. The number of aromatic nitrogens is 2. The minimum Gasteiger partial charge on any atom is -0.445 e. The smallest absolute Gasteiger partial charge is 0.410 e. The van der Waals surface area contributed by atoms with Crippen LogP contribution in [-0.4, -0.2) is 33.9 Å². The summed E-state index contributed by atoms with van der Waals surface area (Å²) in [5, 5.41) is 4.59. The predicted molar refractivity (Wildman–Crippen MR) is 92.6 cm³/mol. The van der Waals surface area contributed by atoms with Gasteiger partial charge < -0.3 is 15.4 Å². The van der Waals surface area contributed by atoms with E-state index in [2.05, 4.69) is 18.9 Å². The van der Waals surface area contributed by atoms with Crippen molar-refractivity contribution in [2.45, 2.75) is 38.8 Å². The second-order valence-corrected chi connectivity index (χ2v) is 6.52. The topological polar surface area (TPSA) is 73.4 Å². The Balaban J connectivity index is 1.58. The largest absolute Gasteiger partial charge is 0.445 e. The first-order valence-electron chi connectivity index (χ1n) is 8.35. The number of amides is 1. The van der Waals surface area contributed by atoms with Gasteiger partial charge in [-0.3, -0.25) is 0 Å². The Morgan fingerprint density at radius 3 is 2.79 bits per heavy atom. The Kier molecular flexibility index (Phi) is 4.74. The van der Waals surface area contributed by atoms with Gasteiger partial charge in [-0.25, -0.2) is 9.48 Å². The summed E-state index contributed by atoms with van der Waals surface area (Å²) in [4.78, 5) is 14.0. The van der Waals surface area contributed by atoms with Crippen LogP contribution in [0.4, 0.5) is 10.6 Å². The van der Waals surface area contributed by atoms with Gasteiger partial charge in [0.1, 0.15) is 12.4 Å². The highest BCUT2D eigenvalue weighted by molar-refractivity contribution is 5.68. The van der Waals surface area contributed by atoms with Crippen molar-refractivity contribution in [3.8, 4) is 0 Å². The second kappa shape index (κ2) is 6.95. The van der Waals surface area contributed by atoms with Gasteiger partial charge in [-0.15, -0.1) is 0 Å². The lowest BCUT2D eigenvalue weighted by Gasteiger charge is -2.17. The molecule has 1 aromatic carbocycles.